The van der Waals surface area contributed by atoms with Crippen LogP contribution in [0.5, 0.6) is 11.5 Å². The summed E-state index contributed by atoms with van der Waals surface area (Å²) < 4.78 is 16.4. The SMILES string of the molecule is CCOC(=O)C1=C(CN2CCN(c3ccccn3)CC2)NC(=O)N[C@@H]1c1cccc(OC)c1OC. The zero-order valence-corrected chi connectivity index (χ0v) is 20.2. The number of nitrogens with one attached hydrogen (secondary N) is 2. The van der Waals surface area contributed by atoms with Crippen LogP contribution in [0.2, 0.25) is 0 Å². The van der Waals surface area contributed by atoms with Crippen molar-refractivity contribution < 1.29 is 23.8 Å². The van der Waals surface area contributed by atoms with Gasteiger partial charge >= 0.3 is 12.0 Å². The van der Waals surface area contributed by atoms with E-state index in [0.29, 0.717) is 34.9 Å². The van der Waals surface area contributed by atoms with E-state index in [9.17, 15) is 9.59 Å². The average molecular weight is 482 g/mol. The van der Waals surface area contributed by atoms with E-state index in [1.54, 1.807) is 38.4 Å². The molecule has 0 bridgehead atoms. The number of esters is 1. The number of hydrogen-bond acceptors (Lipinski definition) is 8. The summed E-state index contributed by atoms with van der Waals surface area (Å²) in [5, 5.41) is 5.72. The number of rotatable bonds is 8. The van der Waals surface area contributed by atoms with Crippen molar-refractivity contribution in [1.29, 1.82) is 0 Å². The minimum absolute atomic E-state index is 0.217. The topological polar surface area (TPSA) is 105 Å². The molecule has 1 saturated heterocycles. The Morgan fingerprint density at radius 1 is 1.09 bits per heavy atom. The van der Waals surface area contributed by atoms with Crippen LogP contribution in [0.25, 0.3) is 0 Å². The number of urea groups is 1. The Balaban J connectivity index is 1.63. The third kappa shape index (κ3) is 5.32. The minimum atomic E-state index is -0.752. The second-order valence-corrected chi connectivity index (χ2v) is 8.18. The summed E-state index contributed by atoms with van der Waals surface area (Å²) in [5.74, 6) is 1.41. The van der Waals surface area contributed by atoms with E-state index in [1.807, 2.05) is 18.2 Å². The summed E-state index contributed by atoms with van der Waals surface area (Å²) in [4.78, 5) is 34.7. The maximum atomic E-state index is 13.2. The first-order valence-corrected chi connectivity index (χ1v) is 11.6. The van der Waals surface area contributed by atoms with Gasteiger partial charge in [0.15, 0.2) is 11.5 Å². The lowest BCUT2D eigenvalue weighted by Gasteiger charge is -2.37. The summed E-state index contributed by atoms with van der Waals surface area (Å²) >= 11 is 0. The van der Waals surface area contributed by atoms with E-state index in [1.165, 1.54) is 7.11 Å². The molecule has 186 valence electrons. The number of methoxy groups -OCH3 is 2. The number of ether oxygens (including phenoxy) is 3. The zero-order chi connectivity index (χ0) is 24.8. The number of anilines is 1. The predicted molar refractivity (Wildman–Crippen MR) is 131 cm³/mol. The molecule has 0 spiro atoms. The Bertz CT molecular complexity index is 1080. The van der Waals surface area contributed by atoms with Crippen molar-refractivity contribution in [3.63, 3.8) is 0 Å². The van der Waals surface area contributed by atoms with Crippen molar-refractivity contribution in [2.24, 2.45) is 0 Å². The lowest BCUT2D eigenvalue weighted by atomic mass is 9.93. The maximum Gasteiger partial charge on any atom is 0.338 e. The first-order valence-electron chi connectivity index (χ1n) is 11.6. The van der Waals surface area contributed by atoms with Gasteiger partial charge in [-0.05, 0) is 25.1 Å². The van der Waals surface area contributed by atoms with E-state index in [-0.39, 0.29) is 6.61 Å². The third-order valence-corrected chi connectivity index (χ3v) is 6.12. The molecule has 1 aromatic carbocycles. The second kappa shape index (κ2) is 11.1. The highest BCUT2D eigenvalue weighted by atomic mass is 16.5. The van der Waals surface area contributed by atoms with Gasteiger partial charge in [-0.2, -0.15) is 0 Å². The molecule has 0 aliphatic carbocycles. The van der Waals surface area contributed by atoms with E-state index in [4.69, 9.17) is 14.2 Å². The van der Waals surface area contributed by atoms with Crippen LogP contribution in [0.15, 0.2) is 53.9 Å². The Morgan fingerprint density at radius 3 is 2.54 bits per heavy atom. The molecule has 0 saturated carbocycles. The summed E-state index contributed by atoms with van der Waals surface area (Å²) in [6.45, 7) is 5.47. The van der Waals surface area contributed by atoms with Crippen molar-refractivity contribution >= 4 is 17.8 Å². The fourth-order valence-corrected chi connectivity index (χ4v) is 4.46. The summed E-state index contributed by atoms with van der Waals surface area (Å²) in [5.41, 5.74) is 1.49. The fourth-order valence-electron chi connectivity index (χ4n) is 4.46. The Morgan fingerprint density at radius 2 is 1.89 bits per heavy atom. The summed E-state index contributed by atoms with van der Waals surface area (Å²) in [6, 6.07) is 10.1. The smallest absolute Gasteiger partial charge is 0.338 e. The first kappa shape index (κ1) is 24.3. The second-order valence-electron chi connectivity index (χ2n) is 8.18. The molecule has 0 unspecified atom stereocenters. The molecule has 3 heterocycles. The number of pyridine rings is 1. The Hall–Kier alpha value is -3.79. The summed E-state index contributed by atoms with van der Waals surface area (Å²) in [7, 11) is 3.07. The lowest BCUT2D eigenvalue weighted by Crippen LogP contribution is -2.52. The molecule has 1 aromatic heterocycles. The molecular formula is C25H31N5O5. The van der Waals surface area contributed by atoms with Crippen LogP contribution in [0.4, 0.5) is 10.6 Å². The van der Waals surface area contributed by atoms with Crippen LogP contribution in [0.1, 0.15) is 18.5 Å². The number of aromatic nitrogens is 1. The molecule has 10 nitrogen and oxygen atoms in total. The van der Waals surface area contributed by atoms with Gasteiger partial charge in [-0.1, -0.05) is 18.2 Å². The van der Waals surface area contributed by atoms with Crippen LogP contribution >= 0.6 is 0 Å². The van der Waals surface area contributed by atoms with Gasteiger partial charge in [0, 0.05) is 50.2 Å². The molecular weight excluding hydrogens is 450 g/mol. The molecule has 2 aliphatic rings. The molecule has 1 atom stereocenters. The number of benzene rings is 1. The van der Waals surface area contributed by atoms with Crippen molar-refractivity contribution in [1.82, 2.24) is 20.5 Å². The first-order chi connectivity index (χ1) is 17.0. The number of hydrogen-bond donors (Lipinski definition) is 2. The Kier molecular flexibility index (Phi) is 7.71. The largest absolute Gasteiger partial charge is 0.493 e. The normalized spacial score (nSPS) is 18.5. The van der Waals surface area contributed by atoms with Gasteiger partial charge < -0.3 is 29.7 Å². The van der Waals surface area contributed by atoms with Gasteiger partial charge in [0.1, 0.15) is 5.82 Å². The molecule has 1 fully saturated rings. The van der Waals surface area contributed by atoms with Crippen LogP contribution in [-0.4, -0.2) is 75.4 Å². The standard InChI is InChI=1S/C25H31N5O5/c1-4-35-24(31)21-18(16-29-12-14-30(15-13-29)20-10-5-6-11-26-20)27-25(32)28-22(21)17-8-7-9-19(33-2)23(17)34-3/h5-11,22H,4,12-16H2,1-3H3,(H2,27,28,32)/t22-/m1/s1. The molecule has 35 heavy (non-hydrogen) atoms. The van der Waals surface area contributed by atoms with E-state index in [0.717, 1.165) is 32.0 Å². The van der Waals surface area contributed by atoms with Crippen molar-refractivity contribution in [2.75, 3.05) is 58.5 Å². The van der Waals surface area contributed by atoms with Crippen LogP contribution in [0, 0.1) is 0 Å². The molecule has 4 rings (SSSR count). The highest BCUT2D eigenvalue weighted by Crippen LogP contribution is 2.39. The van der Waals surface area contributed by atoms with Crippen LogP contribution in [-0.2, 0) is 9.53 Å². The van der Waals surface area contributed by atoms with E-state index < -0.39 is 18.0 Å². The number of piperazine rings is 1. The fraction of sp³-hybridized carbons (Fsp3) is 0.400. The average Bonchev–Trinajstić information content (AvgIpc) is 2.88. The van der Waals surface area contributed by atoms with Crippen molar-refractivity contribution in [3.05, 3.63) is 59.4 Å². The van der Waals surface area contributed by atoms with E-state index >= 15 is 0 Å². The molecule has 2 amide bonds. The van der Waals surface area contributed by atoms with Gasteiger partial charge in [0.05, 0.1) is 32.4 Å². The van der Waals surface area contributed by atoms with Gasteiger partial charge in [-0.3, -0.25) is 4.90 Å². The van der Waals surface area contributed by atoms with Gasteiger partial charge in [0.25, 0.3) is 0 Å². The van der Waals surface area contributed by atoms with Gasteiger partial charge in [0.2, 0.25) is 0 Å². The highest BCUT2D eigenvalue weighted by molar-refractivity contribution is 5.95. The number of nitrogens with zero attached hydrogens (tertiary/aromatic N) is 3. The number of carbonyl (C=O) groups is 2. The third-order valence-electron chi connectivity index (χ3n) is 6.12. The molecule has 2 N–H and O–H groups in total. The predicted octanol–water partition coefficient (Wildman–Crippen LogP) is 2.09. The molecule has 2 aliphatic heterocycles. The van der Waals surface area contributed by atoms with Gasteiger partial charge in [-0.15, -0.1) is 0 Å². The van der Waals surface area contributed by atoms with Crippen LogP contribution in [0.3, 0.4) is 0 Å². The van der Waals surface area contributed by atoms with Crippen LogP contribution < -0.4 is 25.0 Å². The Labute approximate surface area is 204 Å². The number of carbonyl (C=O) groups excluding carboxylic acids is 2. The molecule has 2 aromatic rings. The number of para-hydroxylation sites is 1. The quantitative estimate of drug-likeness (QED) is 0.553. The molecule has 0 radical (unpaired) electrons. The lowest BCUT2D eigenvalue weighted by molar-refractivity contribution is -0.139. The van der Waals surface area contributed by atoms with Crippen molar-refractivity contribution in [2.45, 2.75) is 13.0 Å². The summed E-state index contributed by atoms with van der Waals surface area (Å²) in [6.07, 6.45) is 1.79. The minimum Gasteiger partial charge on any atom is -0.493 e. The van der Waals surface area contributed by atoms with Crippen molar-refractivity contribution in [3.8, 4) is 11.5 Å². The molecule has 10 heteroatoms. The number of amides is 2. The highest BCUT2D eigenvalue weighted by Gasteiger charge is 2.36. The zero-order valence-electron chi connectivity index (χ0n) is 20.2. The monoisotopic (exact) mass is 481 g/mol. The maximum absolute atomic E-state index is 13.2. The van der Waals surface area contributed by atoms with E-state index in [2.05, 4.69) is 25.4 Å². The van der Waals surface area contributed by atoms with Gasteiger partial charge in [-0.25, -0.2) is 14.6 Å².